The molecule has 2 atom stereocenters. The van der Waals surface area contributed by atoms with Gasteiger partial charge in [0.1, 0.15) is 6.54 Å². The highest BCUT2D eigenvalue weighted by atomic mass is 35.5. The number of likely N-dealkylation sites (N-methyl/N-ethyl adjacent to an activating group) is 1. The molecular weight excluding hydrogens is 432 g/mol. The van der Waals surface area contributed by atoms with E-state index < -0.39 is 36.6 Å². The zero-order chi connectivity index (χ0) is 22.6. The maximum absolute atomic E-state index is 13.3. The van der Waals surface area contributed by atoms with E-state index in [2.05, 4.69) is 0 Å². The molecule has 5 rings (SSSR count). The fourth-order valence-electron chi connectivity index (χ4n) is 4.22. The van der Waals surface area contributed by atoms with Gasteiger partial charge in [-0.25, -0.2) is 9.79 Å². The molecule has 0 aliphatic carbocycles. The summed E-state index contributed by atoms with van der Waals surface area (Å²) in [5.74, 6) is -0.821. The number of amides is 4. The SMILES string of the molecule is CN1C(=O)N(CC(N)=O)C(=O)C2C1N=C1N(c3ccccc3Cl)C(c3ccccc3)=CN12. The fraction of sp³-hybridized carbons (Fsp3) is 0.182. The Balaban J connectivity index is 1.63. The molecule has 3 aliphatic rings. The van der Waals surface area contributed by atoms with Crippen LogP contribution in [0.1, 0.15) is 5.56 Å². The molecule has 0 saturated carbocycles. The molecule has 1 saturated heterocycles. The molecule has 2 N–H and O–H groups in total. The lowest BCUT2D eigenvalue weighted by Crippen LogP contribution is -2.65. The van der Waals surface area contributed by atoms with E-state index in [1.54, 1.807) is 18.0 Å². The van der Waals surface area contributed by atoms with E-state index in [4.69, 9.17) is 22.3 Å². The third-order valence-corrected chi connectivity index (χ3v) is 6.01. The fourth-order valence-corrected chi connectivity index (χ4v) is 4.44. The van der Waals surface area contributed by atoms with Gasteiger partial charge in [-0.1, -0.05) is 54.1 Å². The van der Waals surface area contributed by atoms with Crippen LogP contribution in [-0.2, 0) is 9.59 Å². The lowest BCUT2D eigenvalue weighted by molar-refractivity contribution is -0.139. The van der Waals surface area contributed by atoms with Crippen molar-refractivity contribution < 1.29 is 14.4 Å². The van der Waals surface area contributed by atoms with Gasteiger partial charge in [0.2, 0.25) is 11.9 Å². The van der Waals surface area contributed by atoms with Crippen LogP contribution in [0.25, 0.3) is 5.70 Å². The van der Waals surface area contributed by atoms with Crippen molar-refractivity contribution in [2.24, 2.45) is 10.7 Å². The minimum Gasteiger partial charge on any atom is -0.368 e. The second-order valence-corrected chi connectivity index (χ2v) is 8.05. The summed E-state index contributed by atoms with van der Waals surface area (Å²) in [6, 6.07) is 15.6. The number of anilines is 1. The topological polar surface area (TPSA) is 103 Å². The van der Waals surface area contributed by atoms with Crippen molar-refractivity contribution in [1.82, 2.24) is 14.7 Å². The summed E-state index contributed by atoms with van der Waals surface area (Å²) in [5, 5.41) is 0.514. The van der Waals surface area contributed by atoms with Crippen LogP contribution in [0.4, 0.5) is 10.5 Å². The van der Waals surface area contributed by atoms with Gasteiger partial charge in [0.15, 0.2) is 12.2 Å². The number of rotatable bonds is 4. The summed E-state index contributed by atoms with van der Waals surface area (Å²) in [6.07, 6.45) is 1.08. The van der Waals surface area contributed by atoms with Crippen LogP contribution in [0.5, 0.6) is 0 Å². The molecule has 10 heteroatoms. The Bertz CT molecular complexity index is 1200. The third-order valence-electron chi connectivity index (χ3n) is 5.69. The Morgan fingerprint density at radius 1 is 1.09 bits per heavy atom. The van der Waals surface area contributed by atoms with Gasteiger partial charge in [0, 0.05) is 18.8 Å². The number of para-hydroxylation sites is 1. The Labute approximate surface area is 188 Å². The Kier molecular flexibility index (Phi) is 4.63. The molecule has 3 heterocycles. The zero-order valence-electron chi connectivity index (χ0n) is 17.1. The van der Waals surface area contributed by atoms with Crippen LogP contribution in [0.3, 0.4) is 0 Å². The number of guanidine groups is 1. The molecule has 1 fully saturated rings. The second-order valence-electron chi connectivity index (χ2n) is 7.65. The molecule has 0 aromatic heterocycles. The van der Waals surface area contributed by atoms with Crippen LogP contribution in [0, 0.1) is 0 Å². The van der Waals surface area contributed by atoms with Crippen LogP contribution in [0.2, 0.25) is 5.02 Å². The van der Waals surface area contributed by atoms with E-state index >= 15 is 0 Å². The summed E-state index contributed by atoms with van der Waals surface area (Å²) in [4.78, 5) is 48.0. The van der Waals surface area contributed by atoms with E-state index in [1.165, 1.54) is 4.90 Å². The van der Waals surface area contributed by atoms with Crippen molar-refractivity contribution in [3.63, 3.8) is 0 Å². The molecule has 2 aromatic rings. The van der Waals surface area contributed by atoms with Crippen molar-refractivity contribution in [1.29, 1.82) is 0 Å². The van der Waals surface area contributed by atoms with Crippen molar-refractivity contribution in [3.8, 4) is 0 Å². The van der Waals surface area contributed by atoms with Crippen molar-refractivity contribution >= 4 is 46.8 Å². The number of hydrogen-bond donors (Lipinski definition) is 1. The molecule has 0 bridgehead atoms. The largest absolute Gasteiger partial charge is 0.368 e. The van der Waals surface area contributed by atoms with Gasteiger partial charge in [0.25, 0.3) is 5.91 Å². The molecule has 162 valence electrons. The lowest BCUT2D eigenvalue weighted by Gasteiger charge is -2.39. The first-order valence-corrected chi connectivity index (χ1v) is 10.3. The van der Waals surface area contributed by atoms with Crippen molar-refractivity contribution in [2.75, 3.05) is 18.5 Å². The number of nitrogens with two attached hydrogens (primary N) is 1. The zero-order valence-corrected chi connectivity index (χ0v) is 17.8. The number of primary amides is 1. The number of nitrogens with zero attached hydrogens (tertiary/aromatic N) is 5. The average molecular weight is 451 g/mol. The molecule has 0 spiro atoms. The predicted molar refractivity (Wildman–Crippen MR) is 119 cm³/mol. The first-order valence-electron chi connectivity index (χ1n) is 9.93. The highest BCUT2D eigenvalue weighted by Gasteiger charge is 2.55. The lowest BCUT2D eigenvalue weighted by atomic mass is 10.1. The number of carbonyl (C=O) groups excluding carboxylic acids is 3. The van der Waals surface area contributed by atoms with Crippen LogP contribution in [0.15, 0.2) is 65.8 Å². The Morgan fingerprint density at radius 2 is 1.78 bits per heavy atom. The van der Waals surface area contributed by atoms with E-state index in [9.17, 15) is 14.4 Å². The van der Waals surface area contributed by atoms with Gasteiger partial charge >= 0.3 is 6.03 Å². The Hall–Kier alpha value is -3.85. The van der Waals surface area contributed by atoms with Gasteiger partial charge in [-0.2, -0.15) is 0 Å². The van der Waals surface area contributed by atoms with E-state index in [0.29, 0.717) is 16.7 Å². The molecular formula is C22H19ClN6O3. The predicted octanol–water partition coefficient (Wildman–Crippen LogP) is 1.90. The molecule has 0 radical (unpaired) electrons. The number of carbonyl (C=O) groups is 3. The van der Waals surface area contributed by atoms with Crippen LogP contribution < -0.4 is 10.6 Å². The number of hydrogen-bond acceptors (Lipinski definition) is 6. The standard InChI is InChI=1S/C22H19ClN6O3/c1-26-19-18(20(31)28(22(26)32)12-17(24)30)27-11-16(13-7-3-2-4-8-13)29(21(27)25-19)15-10-6-5-9-14(15)23/h2-11,18-19H,12H2,1H3,(H2,24,30). The van der Waals surface area contributed by atoms with E-state index in [1.807, 2.05) is 59.6 Å². The minimum atomic E-state index is -0.821. The highest BCUT2D eigenvalue weighted by Crippen LogP contribution is 2.41. The number of urea groups is 1. The van der Waals surface area contributed by atoms with Gasteiger partial charge in [-0.3, -0.25) is 24.3 Å². The molecule has 2 unspecified atom stereocenters. The molecule has 4 amide bonds. The summed E-state index contributed by atoms with van der Waals surface area (Å²) >= 11 is 6.53. The average Bonchev–Trinajstić information content (AvgIpc) is 3.32. The molecule has 9 nitrogen and oxygen atoms in total. The summed E-state index contributed by atoms with van der Waals surface area (Å²) in [6.45, 7) is -0.488. The Morgan fingerprint density at radius 3 is 2.47 bits per heavy atom. The maximum atomic E-state index is 13.3. The second kappa shape index (κ2) is 7.38. The molecule has 3 aliphatic heterocycles. The number of imide groups is 1. The van der Waals surface area contributed by atoms with Gasteiger partial charge in [0.05, 0.1) is 16.4 Å². The number of halogens is 1. The quantitative estimate of drug-likeness (QED) is 0.766. The highest BCUT2D eigenvalue weighted by molar-refractivity contribution is 6.34. The minimum absolute atomic E-state index is 0.473. The maximum Gasteiger partial charge on any atom is 0.328 e. The molecule has 32 heavy (non-hydrogen) atoms. The summed E-state index contributed by atoms with van der Waals surface area (Å²) in [5.41, 5.74) is 7.65. The van der Waals surface area contributed by atoms with Crippen LogP contribution >= 0.6 is 11.6 Å². The normalized spacial score (nSPS) is 22.1. The number of fused-ring (bicyclic) bond motifs is 3. The van der Waals surface area contributed by atoms with Gasteiger partial charge in [-0.05, 0) is 12.1 Å². The van der Waals surface area contributed by atoms with E-state index in [0.717, 1.165) is 16.2 Å². The monoisotopic (exact) mass is 450 g/mol. The molecule has 2 aromatic carbocycles. The van der Waals surface area contributed by atoms with Gasteiger partial charge < -0.3 is 10.6 Å². The van der Waals surface area contributed by atoms with Gasteiger partial charge in [-0.15, -0.1) is 0 Å². The number of benzene rings is 2. The summed E-state index contributed by atoms with van der Waals surface area (Å²) in [7, 11) is 1.55. The van der Waals surface area contributed by atoms with Crippen molar-refractivity contribution in [2.45, 2.75) is 12.2 Å². The van der Waals surface area contributed by atoms with E-state index in [-0.39, 0.29) is 0 Å². The first-order chi connectivity index (χ1) is 15.4. The smallest absolute Gasteiger partial charge is 0.328 e. The first kappa shape index (κ1) is 20.1. The number of aliphatic imine (C=N–C) groups is 1. The third kappa shape index (κ3) is 2.93. The summed E-state index contributed by atoms with van der Waals surface area (Å²) < 4.78 is 0. The van der Waals surface area contributed by atoms with Crippen LogP contribution in [-0.4, -0.2) is 64.3 Å². The van der Waals surface area contributed by atoms with Crippen molar-refractivity contribution in [3.05, 3.63) is 71.4 Å².